The highest BCUT2D eigenvalue weighted by Crippen LogP contribution is 2.16. The Labute approximate surface area is 75.7 Å². The maximum absolute atomic E-state index is 10.8. The van der Waals surface area contributed by atoms with Gasteiger partial charge in [0.1, 0.15) is 10.9 Å². The van der Waals surface area contributed by atoms with E-state index in [0.29, 0.717) is 0 Å². The van der Waals surface area contributed by atoms with E-state index in [1.54, 1.807) is 6.08 Å². The van der Waals surface area contributed by atoms with E-state index < -0.39 is 5.60 Å². The molecule has 0 bridgehead atoms. The lowest BCUT2D eigenvalue weighted by atomic mass is 10.0. The Balaban J connectivity index is 4.07. The minimum atomic E-state index is -0.509. The van der Waals surface area contributed by atoms with Crippen LogP contribution in [0.4, 0.5) is 0 Å². The van der Waals surface area contributed by atoms with Crippen molar-refractivity contribution in [2.45, 2.75) is 25.9 Å². The molecule has 64 valence electrons. The Morgan fingerprint density at radius 2 is 2.36 bits per heavy atom. The second kappa shape index (κ2) is 4.54. The van der Waals surface area contributed by atoms with Crippen molar-refractivity contribution in [3.8, 4) is 0 Å². The van der Waals surface area contributed by atoms with E-state index in [0.717, 1.165) is 6.42 Å². The molecule has 0 aromatic rings. The summed E-state index contributed by atoms with van der Waals surface area (Å²) in [6, 6.07) is 0. The fraction of sp³-hybridized carbons (Fsp3) is 0.625. The second-order valence-corrected chi connectivity index (χ2v) is 3.04. The number of halogens is 1. The van der Waals surface area contributed by atoms with Crippen molar-refractivity contribution in [1.29, 1.82) is 0 Å². The molecule has 0 aliphatic heterocycles. The van der Waals surface area contributed by atoms with E-state index in [9.17, 15) is 4.79 Å². The van der Waals surface area contributed by atoms with Crippen molar-refractivity contribution in [3.63, 3.8) is 0 Å². The Hall–Kier alpha value is -0.310. The van der Waals surface area contributed by atoms with Gasteiger partial charge in [-0.2, -0.15) is 0 Å². The summed E-state index contributed by atoms with van der Waals surface area (Å²) < 4.78 is 5.08. The summed E-state index contributed by atoms with van der Waals surface area (Å²) >= 11 is 3.02. The number of rotatable bonds is 4. The van der Waals surface area contributed by atoms with E-state index in [-0.39, 0.29) is 11.3 Å². The molecule has 1 unspecified atom stereocenters. The van der Waals surface area contributed by atoms with Crippen LogP contribution < -0.4 is 0 Å². The summed E-state index contributed by atoms with van der Waals surface area (Å²) in [6.07, 6.45) is 2.39. The molecule has 0 fully saturated rings. The van der Waals surface area contributed by atoms with Crippen molar-refractivity contribution in [2.24, 2.45) is 0 Å². The summed E-state index contributed by atoms with van der Waals surface area (Å²) in [4.78, 5) is 10.8. The fourth-order valence-corrected chi connectivity index (χ4v) is 0.660. The number of carbonyl (C=O) groups excluding carboxylic acids is 1. The normalized spacial score (nSPS) is 15.2. The first-order valence-corrected chi connectivity index (χ1v) is 4.61. The largest absolute Gasteiger partial charge is 0.455 e. The van der Waals surface area contributed by atoms with Crippen molar-refractivity contribution >= 4 is 21.9 Å². The molecule has 0 spiro atoms. The van der Waals surface area contributed by atoms with Crippen LogP contribution in [0.15, 0.2) is 12.7 Å². The number of hydrogen-bond donors (Lipinski definition) is 0. The van der Waals surface area contributed by atoms with Crippen molar-refractivity contribution in [3.05, 3.63) is 12.7 Å². The van der Waals surface area contributed by atoms with Gasteiger partial charge in [0, 0.05) is 0 Å². The average Bonchev–Trinajstić information content (AvgIpc) is 2.04. The smallest absolute Gasteiger partial charge is 0.317 e. The lowest BCUT2D eigenvalue weighted by molar-refractivity contribution is -0.150. The fourth-order valence-electron chi connectivity index (χ4n) is 0.546. The van der Waals surface area contributed by atoms with Gasteiger partial charge in [-0.25, -0.2) is 0 Å². The first-order chi connectivity index (χ1) is 5.08. The van der Waals surface area contributed by atoms with Gasteiger partial charge in [0.15, 0.2) is 0 Å². The van der Waals surface area contributed by atoms with E-state index in [1.807, 2.05) is 13.8 Å². The SMILES string of the molecule is C=CC(C)(CC)OC(=O)CBr. The molecular weight excluding hydrogens is 208 g/mol. The molecule has 0 aromatic heterocycles. The quantitative estimate of drug-likeness (QED) is 0.413. The Kier molecular flexibility index (Phi) is 4.42. The highest BCUT2D eigenvalue weighted by atomic mass is 79.9. The number of alkyl halides is 1. The molecule has 2 nitrogen and oxygen atoms in total. The van der Waals surface area contributed by atoms with Crippen LogP contribution in [0.2, 0.25) is 0 Å². The van der Waals surface area contributed by atoms with Crippen LogP contribution in [0, 0.1) is 0 Å². The summed E-state index contributed by atoms with van der Waals surface area (Å²) in [7, 11) is 0. The maximum Gasteiger partial charge on any atom is 0.317 e. The predicted molar refractivity (Wildman–Crippen MR) is 48.8 cm³/mol. The van der Waals surface area contributed by atoms with Crippen LogP contribution in [0.1, 0.15) is 20.3 Å². The Bertz CT molecular complexity index is 156. The number of carbonyl (C=O) groups is 1. The molecule has 0 saturated heterocycles. The van der Waals surface area contributed by atoms with E-state index in [4.69, 9.17) is 4.74 Å². The third kappa shape index (κ3) is 3.56. The molecule has 0 aliphatic rings. The summed E-state index contributed by atoms with van der Waals surface area (Å²) in [5.41, 5.74) is -0.509. The molecule has 1 atom stereocenters. The first-order valence-electron chi connectivity index (χ1n) is 3.49. The highest BCUT2D eigenvalue weighted by molar-refractivity contribution is 9.09. The molecule has 3 heteroatoms. The van der Waals surface area contributed by atoms with E-state index >= 15 is 0 Å². The minimum Gasteiger partial charge on any atom is -0.455 e. The standard InChI is InChI=1S/C8H13BrO2/c1-4-8(3,5-2)11-7(10)6-9/h4H,1,5-6H2,2-3H3. The van der Waals surface area contributed by atoms with Crippen LogP contribution in [-0.4, -0.2) is 16.9 Å². The first kappa shape index (κ1) is 10.7. The van der Waals surface area contributed by atoms with Gasteiger partial charge in [0.05, 0.1) is 0 Å². The van der Waals surface area contributed by atoms with Crippen LogP contribution in [0.5, 0.6) is 0 Å². The van der Waals surface area contributed by atoms with Gasteiger partial charge in [0.25, 0.3) is 0 Å². The van der Waals surface area contributed by atoms with Crippen LogP contribution in [0.25, 0.3) is 0 Å². The summed E-state index contributed by atoms with van der Waals surface area (Å²) in [6.45, 7) is 7.38. The van der Waals surface area contributed by atoms with Gasteiger partial charge >= 0.3 is 5.97 Å². The topological polar surface area (TPSA) is 26.3 Å². The third-order valence-corrected chi connectivity index (χ3v) is 2.05. The highest BCUT2D eigenvalue weighted by Gasteiger charge is 2.21. The van der Waals surface area contributed by atoms with Gasteiger partial charge in [-0.3, -0.25) is 4.79 Å². The molecule has 11 heavy (non-hydrogen) atoms. The molecule has 0 heterocycles. The zero-order chi connectivity index (χ0) is 8.91. The average molecular weight is 221 g/mol. The second-order valence-electron chi connectivity index (χ2n) is 2.48. The van der Waals surface area contributed by atoms with Gasteiger partial charge in [-0.1, -0.05) is 29.4 Å². The zero-order valence-corrected chi connectivity index (χ0v) is 8.48. The van der Waals surface area contributed by atoms with Crippen molar-refractivity contribution in [1.82, 2.24) is 0 Å². The summed E-state index contributed by atoms with van der Waals surface area (Å²) in [5, 5.41) is 0.233. The minimum absolute atomic E-state index is 0.233. The van der Waals surface area contributed by atoms with E-state index in [1.165, 1.54) is 0 Å². The van der Waals surface area contributed by atoms with Crippen LogP contribution in [0.3, 0.4) is 0 Å². The molecule has 0 amide bonds. The van der Waals surface area contributed by atoms with Gasteiger partial charge < -0.3 is 4.74 Å². The zero-order valence-electron chi connectivity index (χ0n) is 6.89. The van der Waals surface area contributed by atoms with Crippen molar-refractivity contribution in [2.75, 3.05) is 5.33 Å². The number of ether oxygens (including phenoxy) is 1. The molecule has 0 radical (unpaired) electrons. The lowest BCUT2D eigenvalue weighted by Gasteiger charge is -2.23. The van der Waals surface area contributed by atoms with Gasteiger partial charge in [-0.05, 0) is 19.4 Å². The molecule has 0 aliphatic carbocycles. The van der Waals surface area contributed by atoms with Gasteiger partial charge in [0.2, 0.25) is 0 Å². The number of esters is 1. The molecule has 0 saturated carbocycles. The van der Waals surface area contributed by atoms with Crippen LogP contribution >= 0.6 is 15.9 Å². The monoisotopic (exact) mass is 220 g/mol. The molecular formula is C8H13BrO2. The molecule has 0 N–H and O–H groups in total. The molecule has 0 rings (SSSR count). The Morgan fingerprint density at radius 3 is 2.64 bits per heavy atom. The number of hydrogen-bond acceptors (Lipinski definition) is 2. The predicted octanol–water partition coefficient (Wildman–Crippen LogP) is 2.28. The summed E-state index contributed by atoms with van der Waals surface area (Å²) in [5.74, 6) is -0.255. The van der Waals surface area contributed by atoms with Crippen molar-refractivity contribution < 1.29 is 9.53 Å². The maximum atomic E-state index is 10.8. The third-order valence-electron chi connectivity index (χ3n) is 1.59. The van der Waals surface area contributed by atoms with Gasteiger partial charge in [-0.15, -0.1) is 0 Å². The van der Waals surface area contributed by atoms with E-state index in [2.05, 4.69) is 22.5 Å². The lowest BCUT2D eigenvalue weighted by Crippen LogP contribution is -2.28. The Morgan fingerprint density at radius 1 is 1.82 bits per heavy atom. The van der Waals surface area contributed by atoms with Crippen LogP contribution in [-0.2, 0) is 9.53 Å². The molecule has 0 aromatic carbocycles.